The van der Waals surface area contributed by atoms with Crippen LogP contribution in [0.2, 0.25) is 0 Å². The number of nitrogens with two attached hydrogens (primary N) is 1. The predicted octanol–water partition coefficient (Wildman–Crippen LogP) is 0.264. The molecule has 2 heterocycles. The normalized spacial score (nSPS) is 23.8. The van der Waals surface area contributed by atoms with Crippen molar-refractivity contribution in [2.24, 2.45) is 5.73 Å². The van der Waals surface area contributed by atoms with Crippen molar-refractivity contribution in [3.05, 3.63) is 17.5 Å². The van der Waals surface area contributed by atoms with E-state index in [0.717, 1.165) is 17.7 Å². The van der Waals surface area contributed by atoms with Crippen LogP contribution in [-0.4, -0.2) is 29.7 Å². The van der Waals surface area contributed by atoms with Crippen molar-refractivity contribution >= 4 is 9.84 Å². The molecule has 1 aromatic rings. The van der Waals surface area contributed by atoms with Crippen LogP contribution < -0.4 is 5.73 Å². The molecule has 1 fully saturated rings. The van der Waals surface area contributed by atoms with Crippen LogP contribution in [0.5, 0.6) is 0 Å². The molecule has 90 valence electrons. The Hall–Kier alpha value is -0.880. The average Bonchev–Trinajstić information content (AvgIpc) is 2.80. The van der Waals surface area contributed by atoms with Crippen molar-refractivity contribution in [1.29, 1.82) is 0 Å². The van der Waals surface area contributed by atoms with Crippen LogP contribution in [-0.2, 0) is 22.8 Å². The predicted molar refractivity (Wildman–Crippen MR) is 61.8 cm³/mol. The van der Waals surface area contributed by atoms with Crippen LogP contribution in [0, 0.1) is 0 Å². The first-order valence-electron chi connectivity index (χ1n) is 5.53. The molecule has 2 rings (SSSR count). The Bertz CT molecular complexity index is 478. The van der Waals surface area contributed by atoms with E-state index in [0.29, 0.717) is 13.0 Å². The summed E-state index contributed by atoms with van der Waals surface area (Å²) < 4.78 is 24.7. The van der Waals surface area contributed by atoms with E-state index in [9.17, 15) is 8.42 Å². The van der Waals surface area contributed by atoms with Gasteiger partial charge in [0.15, 0.2) is 9.84 Å². The highest BCUT2D eigenvalue weighted by Gasteiger charge is 2.30. The minimum absolute atomic E-state index is 0.000231. The van der Waals surface area contributed by atoms with Gasteiger partial charge in [0.2, 0.25) is 0 Å². The molecule has 0 spiro atoms. The second-order valence-electron chi connectivity index (χ2n) is 4.18. The van der Waals surface area contributed by atoms with Crippen molar-refractivity contribution in [1.82, 2.24) is 9.78 Å². The van der Waals surface area contributed by atoms with Crippen molar-refractivity contribution in [3.8, 4) is 0 Å². The maximum atomic E-state index is 11.4. The van der Waals surface area contributed by atoms with Crippen LogP contribution in [0.1, 0.15) is 30.6 Å². The first-order valence-corrected chi connectivity index (χ1v) is 7.35. The summed E-state index contributed by atoms with van der Waals surface area (Å²) in [4.78, 5) is 0. The molecule has 16 heavy (non-hydrogen) atoms. The lowest BCUT2D eigenvalue weighted by Gasteiger charge is -2.12. The molecule has 0 radical (unpaired) electrons. The Balaban J connectivity index is 2.31. The second-order valence-corrected chi connectivity index (χ2v) is 6.40. The third-order valence-corrected chi connectivity index (χ3v) is 4.84. The summed E-state index contributed by atoms with van der Waals surface area (Å²) in [6.45, 7) is 2.50. The smallest absolute Gasteiger partial charge is 0.152 e. The molecule has 2 N–H and O–H groups in total. The molecular weight excluding hydrogens is 226 g/mol. The minimum atomic E-state index is -2.86. The van der Waals surface area contributed by atoms with Gasteiger partial charge < -0.3 is 5.73 Å². The summed E-state index contributed by atoms with van der Waals surface area (Å²) in [5, 5.41) is 4.28. The van der Waals surface area contributed by atoms with Gasteiger partial charge in [0.1, 0.15) is 0 Å². The molecule has 0 saturated carbocycles. The SMILES string of the molecule is CCc1c(CN)cnn1C1CCS(=O)(=O)C1. The van der Waals surface area contributed by atoms with E-state index < -0.39 is 9.84 Å². The monoisotopic (exact) mass is 243 g/mol. The molecule has 1 atom stereocenters. The Labute approximate surface area is 95.6 Å². The van der Waals surface area contributed by atoms with Crippen LogP contribution in [0.25, 0.3) is 0 Å². The van der Waals surface area contributed by atoms with Gasteiger partial charge in [-0.05, 0) is 12.8 Å². The summed E-state index contributed by atoms with van der Waals surface area (Å²) in [7, 11) is -2.86. The Morgan fingerprint density at radius 3 is 2.88 bits per heavy atom. The van der Waals surface area contributed by atoms with Crippen LogP contribution in [0.3, 0.4) is 0 Å². The topological polar surface area (TPSA) is 78.0 Å². The molecular formula is C10H17N3O2S. The molecule has 1 aromatic heterocycles. The molecule has 0 aromatic carbocycles. The first-order chi connectivity index (χ1) is 7.57. The molecule has 1 unspecified atom stereocenters. The van der Waals surface area contributed by atoms with Crippen LogP contribution in [0.4, 0.5) is 0 Å². The Kier molecular flexibility index (Phi) is 3.03. The van der Waals surface area contributed by atoms with E-state index in [1.165, 1.54) is 0 Å². The van der Waals surface area contributed by atoms with Gasteiger partial charge in [0.05, 0.1) is 23.7 Å². The molecule has 1 aliphatic rings. The molecule has 5 nitrogen and oxygen atoms in total. The third kappa shape index (κ3) is 1.99. The largest absolute Gasteiger partial charge is 0.326 e. The van der Waals surface area contributed by atoms with E-state index in [2.05, 4.69) is 5.10 Å². The van der Waals surface area contributed by atoms with Gasteiger partial charge in [-0.25, -0.2) is 8.42 Å². The lowest BCUT2D eigenvalue weighted by Crippen LogP contribution is -2.15. The number of hydrogen-bond donors (Lipinski definition) is 1. The molecule has 0 bridgehead atoms. The standard InChI is InChI=1S/C10H17N3O2S/c1-2-10-8(5-11)6-12-13(10)9-3-4-16(14,15)7-9/h6,9H,2-5,7,11H2,1H3. The molecule has 6 heteroatoms. The fourth-order valence-electron chi connectivity index (χ4n) is 2.27. The van der Waals surface area contributed by atoms with Gasteiger partial charge >= 0.3 is 0 Å². The second kappa shape index (κ2) is 4.18. The van der Waals surface area contributed by atoms with Crippen LogP contribution >= 0.6 is 0 Å². The van der Waals surface area contributed by atoms with Gasteiger partial charge in [0.25, 0.3) is 0 Å². The summed E-state index contributed by atoms with van der Waals surface area (Å²) in [6, 6.07) is 0.000231. The highest BCUT2D eigenvalue weighted by molar-refractivity contribution is 7.91. The molecule has 0 amide bonds. The lowest BCUT2D eigenvalue weighted by molar-refractivity contribution is 0.481. The van der Waals surface area contributed by atoms with Crippen molar-refractivity contribution in [2.45, 2.75) is 32.4 Å². The van der Waals surface area contributed by atoms with E-state index in [1.54, 1.807) is 6.20 Å². The maximum absolute atomic E-state index is 11.4. The Morgan fingerprint density at radius 1 is 1.62 bits per heavy atom. The van der Waals surface area contributed by atoms with Gasteiger partial charge in [0, 0.05) is 17.8 Å². The maximum Gasteiger partial charge on any atom is 0.152 e. The fourth-order valence-corrected chi connectivity index (χ4v) is 3.96. The Morgan fingerprint density at radius 2 is 2.38 bits per heavy atom. The summed E-state index contributed by atoms with van der Waals surface area (Å²) >= 11 is 0. The van der Waals surface area contributed by atoms with Gasteiger partial charge in [-0.15, -0.1) is 0 Å². The van der Waals surface area contributed by atoms with Gasteiger partial charge in [-0.2, -0.15) is 5.10 Å². The summed E-state index contributed by atoms with van der Waals surface area (Å²) in [5.74, 6) is 0.490. The number of sulfone groups is 1. The van der Waals surface area contributed by atoms with E-state index in [1.807, 2.05) is 11.6 Å². The number of rotatable bonds is 3. The molecule has 0 aliphatic carbocycles. The van der Waals surface area contributed by atoms with Crippen LogP contribution in [0.15, 0.2) is 6.20 Å². The third-order valence-electron chi connectivity index (χ3n) is 3.09. The number of nitrogens with zero attached hydrogens (tertiary/aromatic N) is 2. The van der Waals surface area contributed by atoms with E-state index in [4.69, 9.17) is 5.73 Å². The van der Waals surface area contributed by atoms with Crippen molar-refractivity contribution < 1.29 is 8.42 Å². The zero-order valence-corrected chi connectivity index (χ0v) is 10.2. The number of aromatic nitrogens is 2. The zero-order valence-electron chi connectivity index (χ0n) is 9.39. The average molecular weight is 243 g/mol. The zero-order chi connectivity index (χ0) is 11.8. The van der Waals surface area contributed by atoms with E-state index in [-0.39, 0.29) is 17.5 Å². The quantitative estimate of drug-likeness (QED) is 0.826. The fraction of sp³-hybridized carbons (Fsp3) is 0.700. The van der Waals surface area contributed by atoms with E-state index >= 15 is 0 Å². The lowest BCUT2D eigenvalue weighted by atomic mass is 10.2. The highest BCUT2D eigenvalue weighted by atomic mass is 32.2. The minimum Gasteiger partial charge on any atom is -0.326 e. The highest BCUT2D eigenvalue weighted by Crippen LogP contribution is 2.25. The van der Waals surface area contributed by atoms with Gasteiger partial charge in [-0.1, -0.05) is 6.92 Å². The van der Waals surface area contributed by atoms with Gasteiger partial charge in [-0.3, -0.25) is 4.68 Å². The number of hydrogen-bond acceptors (Lipinski definition) is 4. The van der Waals surface area contributed by atoms with Crippen molar-refractivity contribution in [3.63, 3.8) is 0 Å². The molecule has 1 saturated heterocycles. The summed E-state index contributed by atoms with van der Waals surface area (Å²) in [5.41, 5.74) is 7.71. The first kappa shape index (κ1) is 11.6. The van der Waals surface area contributed by atoms with Crippen molar-refractivity contribution in [2.75, 3.05) is 11.5 Å². The summed E-state index contributed by atoms with van der Waals surface area (Å²) in [6.07, 6.45) is 3.26. The molecule has 1 aliphatic heterocycles.